The summed E-state index contributed by atoms with van der Waals surface area (Å²) in [5.41, 5.74) is 0.748. The van der Waals surface area contributed by atoms with Crippen molar-refractivity contribution in [2.45, 2.75) is 0 Å². The van der Waals surface area contributed by atoms with Gasteiger partial charge in [-0.25, -0.2) is 13.9 Å². The fraction of sp³-hybridized carbons (Fsp3) is 0. The van der Waals surface area contributed by atoms with Crippen molar-refractivity contribution < 1.29 is 8.78 Å². The minimum Gasteiger partial charge on any atom is -0.250 e. The van der Waals surface area contributed by atoms with Crippen LogP contribution in [-0.4, -0.2) is 21.1 Å². The molecule has 0 fully saturated rings. The Morgan fingerprint density at radius 1 is 1.17 bits per heavy atom. The predicted molar refractivity (Wildman–Crippen MR) is 87.2 cm³/mol. The van der Waals surface area contributed by atoms with Gasteiger partial charge in [0.1, 0.15) is 11.6 Å². The van der Waals surface area contributed by atoms with Crippen LogP contribution in [0.15, 0.2) is 47.6 Å². The monoisotopic (exact) mass is 350 g/mol. The van der Waals surface area contributed by atoms with Gasteiger partial charge < -0.3 is 0 Å². The molecule has 0 amide bonds. The van der Waals surface area contributed by atoms with Gasteiger partial charge >= 0.3 is 0 Å². The van der Waals surface area contributed by atoms with E-state index < -0.39 is 5.82 Å². The van der Waals surface area contributed by atoms with Gasteiger partial charge in [0.25, 0.3) is 0 Å². The SMILES string of the molecule is Fc1ccc(-c2n[nH]c(=S)n2N=Cc2c(F)cccc2Cl)cc1. The van der Waals surface area contributed by atoms with Gasteiger partial charge in [0.2, 0.25) is 4.77 Å². The average Bonchev–Trinajstić information content (AvgIpc) is 2.89. The molecule has 1 N–H and O–H groups in total. The fourth-order valence-corrected chi connectivity index (χ4v) is 2.33. The standard InChI is InChI=1S/C15H9ClF2N4S/c16-12-2-1-3-13(18)11(12)8-19-22-14(20-21-15(22)23)9-4-6-10(17)7-5-9/h1-8H,(H,21,23). The molecule has 0 aliphatic rings. The molecule has 2 aromatic carbocycles. The molecule has 0 aliphatic heterocycles. The van der Waals surface area contributed by atoms with Crippen LogP contribution in [0.2, 0.25) is 5.02 Å². The number of H-pyrrole nitrogens is 1. The molecule has 0 unspecified atom stereocenters. The van der Waals surface area contributed by atoms with Gasteiger partial charge in [0, 0.05) is 11.1 Å². The van der Waals surface area contributed by atoms with E-state index in [9.17, 15) is 8.78 Å². The number of hydrogen-bond donors (Lipinski definition) is 1. The summed E-state index contributed by atoms with van der Waals surface area (Å²) in [6, 6.07) is 10.0. The fourth-order valence-electron chi connectivity index (χ4n) is 1.93. The van der Waals surface area contributed by atoms with E-state index in [-0.39, 0.29) is 21.2 Å². The van der Waals surface area contributed by atoms with E-state index in [1.807, 2.05) is 0 Å². The lowest BCUT2D eigenvalue weighted by Gasteiger charge is -2.02. The third-order valence-corrected chi connectivity index (χ3v) is 3.65. The van der Waals surface area contributed by atoms with Crippen LogP contribution in [0.1, 0.15) is 5.56 Å². The zero-order chi connectivity index (χ0) is 16.4. The van der Waals surface area contributed by atoms with Crippen molar-refractivity contribution in [1.82, 2.24) is 14.9 Å². The summed E-state index contributed by atoms with van der Waals surface area (Å²) < 4.78 is 28.3. The largest absolute Gasteiger partial charge is 0.250 e. The Kier molecular flexibility index (Phi) is 4.31. The summed E-state index contributed by atoms with van der Waals surface area (Å²) >= 11 is 11.1. The lowest BCUT2D eigenvalue weighted by Crippen LogP contribution is -1.97. The molecule has 0 bridgehead atoms. The highest BCUT2D eigenvalue weighted by atomic mass is 35.5. The summed E-state index contributed by atoms with van der Waals surface area (Å²) in [4.78, 5) is 0. The maximum absolute atomic E-state index is 13.8. The topological polar surface area (TPSA) is 46.0 Å². The molecule has 0 radical (unpaired) electrons. The second-order valence-electron chi connectivity index (χ2n) is 4.55. The lowest BCUT2D eigenvalue weighted by atomic mass is 10.2. The lowest BCUT2D eigenvalue weighted by molar-refractivity contribution is 0.625. The third-order valence-electron chi connectivity index (χ3n) is 3.05. The molecule has 4 nitrogen and oxygen atoms in total. The highest BCUT2D eigenvalue weighted by molar-refractivity contribution is 7.71. The van der Waals surface area contributed by atoms with Gasteiger partial charge in [0.15, 0.2) is 5.82 Å². The second kappa shape index (κ2) is 6.39. The van der Waals surface area contributed by atoms with Crippen molar-refractivity contribution >= 4 is 30.0 Å². The number of aromatic nitrogens is 3. The second-order valence-corrected chi connectivity index (χ2v) is 5.34. The smallest absolute Gasteiger partial charge is 0.216 e. The van der Waals surface area contributed by atoms with E-state index in [4.69, 9.17) is 23.8 Å². The van der Waals surface area contributed by atoms with Crippen LogP contribution in [0, 0.1) is 16.4 Å². The van der Waals surface area contributed by atoms with E-state index in [2.05, 4.69) is 15.3 Å². The van der Waals surface area contributed by atoms with Gasteiger partial charge in [-0.1, -0.05) is 17.7 Å². The van der Waals surface area contributed by atoms with E-state index in [1.54, 1.807) is 18.2 Å². The van der Waals surface area contributed by atoms with Crippen LogP contribution >= 0.6 is 23.8 Å². The number of halogens is 3. The summed E-state index contributed by atoms with van der Waals surface area (Å²) in [6.45, 7) is 0. The van der Waals surface area contributed by atoms with Crippen molar-refractivity contribution in [2.75, 3.05) is 0 Å². The highest BCUT2D eigenvalue weighted by Crippen LogP contribution is 2.19. The molecule has 23 heavy (non-hydrogen) atoms. The van der Waals surface area contributed by atoms with Crippen LogP contribution in [-0.2, 0) is 0 Å². The summed E-state index contributed by atoms with van der Waals surface area (Å²) in [6.07, 6.45) is 1.26. The molecule has 0 spiro atoms. The maximum atomic E-state index is 13.8. The first-order valence-corrected chi connectivity index (χ1v) is 7.26. The molecule has 3 aromatic rings. The third kappa shape index (κ3) is 3.20. The molecule has 0 atom stereocenters. The molecular weight excluding hydrogens is 342 g/mol. The molecule has 0 aliphatic carbocycles. The summed E-state index contributed by atoms with van der Waals surface area (Å²) in [5, 5.41) is 11.0. The molecule has 3 rings (SSSR count). The first-order chi connectivity index (χ1) is 11.1. The molecule has 1 aromatic heterocycles. The van der Waals surface area contributed by atoms with Crippen molar-refractivity contribution in [1.29, 1.82) is 0 Å². The van der Waals surface area contributed by atoms with E-state index in [0.717, 1.165) is 0 Å². The Bertz CT molecular complexity index is 911. The van der Waals surface area contributed by atoms with Crippen molar-refractivity contribution in [3.05, 3.63) is 69.5 Å². The van der Waals surface area contributed by atoms with Gasteiger partial charge in [-0.2, -0.15) is 14.9 Å². The van der Waals surface area contributed by atoms with Crippen molar-refractivity contribution in [3.8, 4) is 11.4 Å². The minimum absolute atomic E-state index is 0.141. The van der Waals surface area contributed by atoms with Crippen LogP contribution < -0.4 is 0 Å². The van der Waals surface area contributed by atoms with Gasteiger partial charge in [-0.05, 0) is 48.6 Å². The zero-order valence-electron chi connectivity index (χ0n) is 11.5. The number of nitrogens with zero attached hydrogens (tertiary/aromatic N) is 3. The predicted octanol–water partition coefficient (Wildman–Crippen LogP) is 4.42. The summed E-state index contributed by atoms with van der Waals surface area (Å²) in [7, 11) is 0. The Morgan fingerprint density at radius 3 is 2.61 bits per heavy atom. The van der Waals surface area contributed by atoms with Gasteiger partial charge in [0.05, 0.1) is 11.2 Å². The van der Waals surface area contributed by atoms with E-state index in [0.29, 0.717) is 11.4 Å². The van der Waals surface area contributed by atoms with Crippen molar-refractivity contribution in [2.24, 2.45) is 5.10 Å². The first-order valence-electron chi connectivity index (χ1n) is 6.48. The van der Waals surface area contributed by atoms with Crippen LogP contribution in [0.5, 0.6) is 0 Å². The molecule has 8 heteroatoms. The van der Waals surface area contributed by atoms with E-state index >= 15 is 0 Å². The zero-order valence-corrected chi connectivity index (χ0v) is 13.1. The van der Waals surface area contributed by atoms with Crippen LogP contribution in [0.25, 0.3) is 11.4 Å². The quantitative estimate of drug-likeness (QED) is 0.561. The Labute approximate surface area is 140 Å². The molecule has 0 saturated carbocycles. The number of benzene rings is 2. The Hall–Kier alpha value is -2.38. The highest BCUT2D eigenvalue weighted by Gasteiger charge is 2.09. The maximum Gasteiger partial charge on any atom is 0.216 e. The van der Waals surface area contributed by atoms with Crippen molar-refractivity contribution in [3.63, 3.8) is 0 Å². The first kappa shape index (κ1) is 15.5. The molecule has 0 saturated heterocycles. The number of nitrogens with one attached hydrogen (secondary N) is 1. The number of rotatable bonds is 3. The number of aromatic amines is 1. The van der Waals surface area contributed by atoms with Gasteiger partial charge in [-0.15, -0.1) is 0 Å². The minimum atomic E-state index is -0.500. The molecule has 116 valence electrons. The number of hydrogen-bond acceptors (Lipinski definition) is 3. The normalized spacial score (nSPS) is 11.3. The Morgan fingerprint density at radius 2 is 1.91 bits per heavy atom. The van der Waals surface area contributed by atoms with Crippen LogP contribution in [0.4, 0.5) is 8.78 Å². The van der Waals surface area contributed by atoms with Gasteiger partial charge in [-0.3, -0.25) is 0 Å². The summed E-state index contributed by atoms with van der Waals surface area (Å²) in [5.74, 6) is -0.491. The van der Waals surface area contributed by atoms with E-state index in [1.165, 1.54) is 35.2 Å². The molecule has 1 heterocycles. The van der Waals surface area contributed by atoms with Crippen LogP contribution in [0.3, 0.4) is 0 Å². The molecular formula is C15H9ClF2N4S. The average molecular weight is 351 g/mol. The Balaban J connectivity index is 2.04.